The summed E-state index contributed by atoms with van der Waals surface area (Å²) in [5.74, 6) is -3.40. The fraction of sp³-hybridized carbons (Fsp3) is 0.486. The maximum atomic E-state index is 14.3. The van der Waals surface area contributed by atoms with Crippen molar-refractivity contribution in [2.45, 2.75) is 76.5 Å². The van der Waals surface area contributed by atoms with Gasteiger partial charge in [-0.2, -0.15) is 0 Å². The summed E-state index contributed by atoms with van der Waals surface area (Å²) in [4.78, 5) is 81.0. The van der Waals surface area contributed by atoms with Gasteiger partial charge in [-0.15, -0.1) is 0 Å². The van der Waals surface area contributed by atoms with E-state index in [9.17, 15) is 33.9 Å². The number of carboxylic acid groups (broad SMARTS) is 1. The molecule has 5 N–H and O–H groups in total. The first-order chi connectivity index (χ1) is 23.9. The SMILES string of the molecule is COc1ccc(C(=O)N[C@@H]2C[C@H]3C(=O)N[C@H](C(=O)O)CCC(=O)NCCCC[C@H](NC(=O)c4cccc(C)c4C)C(=O)N3C2)c(OC)c1OC. The van der Waals surface area contributed by atoms with Crippen LogP contribution in [0.25, 0.3) is 0 Å². The zero-order chi connectivity index (χ0) is 36.5. The number of nitrogens with one attached hydrogen (secondary N) is 4. The van der Waals surface area contributed by atoms with E-state index in [1.807, 2.05) is 19.9 Å². The third-order valence-electron chi connectivity index (χ3n) is 9.14. The van der Waals surface area contributed by atoms with Crippen molar-refractivity contribution >= 4 is 35.5 Å². The van der Waals surface area contributed by atoms with Gasteiger partial charge < -0.3 is 45.5 Å². The Morgan fingerprint density at radius 1 is 0.880 bits per heavy atom. The minimum Gasteiger partial charge on any atom is -0.493 e. The second kappa shape index (κ2) is 16.9. The highest BCUT2D eigenvalue weighted by molar-refractivity contribution is 6.01. The van der Waals surface area contributed by atoms with Gasteiger partial charge in [-0.25, -0.2) is 4.79 Å². The van der Waals surface area contributed by atoms with Crippen molar-refractivity contribution < 1.29 is 48.1 Å². The zero-order valence-electron chi connectivity index (χ0n) is 28.9. The second-order valence-electron chi connectivity index (χ2n) is 12.4. The van der Waals surface area contributed by atoms with Crippen molar-refractivity contribution in [2.75, 3.05) is 34.4 Å². The molecule has 0 aliphatic carbocycles. The molecule has 0 aromatic heterocycles. The van der Waals surface area contributed by atoms with E-state index in [0.717, 1.165) is 11.1 Å². The van der Waals surface area contributed by atoms with Crippen molar-refractivity contribution in [3.63, 3.8) is 0 Å². The lowest BCUT2D eigenvalue weighted by Crippen LogP contribution is -2.55. The van der Waals surface area contributed by atoms with Gasteiger partial charge in [0.1, 0.15) is 18.1 Å². The van der Waals surface area contributed by atoms with Crippen LogP contribution in [0.15, 0.2) is 30.3 Å². The van der Waals surface area contributed by atoms with E-state index in [2.05, 4.69) is 21.3 Å². The van der Waals surface area contributed by atoms with Gasteiger partial charge in [0.15, 0.2) is 11.5 Å². The van der Waals surface area contributed by atoms with Crippen molar-refractivity contribution in [1.82, 2.24) is 26.2 Å². The Bertz CT molecular complexity index is 1630. The summed E-state index contributed by atoms with van der Waals surface area (Å²) in [6.45, 7) is 3.87. The average Bonchev–Trinajstić information content (AvgIpc) is 3.52. The summed E-state index contributed by atoms with van der Waals surface area (Å²) in [7, 11) is 4.22. The number of carboxylic acids is 1. The van der Waals surface area contributed by atoms with Crippen LogP contribution < -0.4 is 35.5 Å². The van der Waals surface area contributed by atoms with Crippen LogP contribution in [0.3, 0.4) is 0 Å². The summed E-state index contributed by atoms with van der Waals surface area (Å²) in [6, 6.07) is 3.92. The molecule has 5 amide bonds. The number of carbonyl (C=O) groups excluding carboxylic acids is 5. The Morgan fingerprint density at radius 2 is 1.60 bits per heavy atom. The van der Waals surface area contributed by atoms with Crippen molar-refractivity contribution in [3.05, 3.63) is 52.6 Å². The Balaban J connectivity index is 1.67. The average molecular weight is 696 g/mol. The molecule has 0 radical (unpaired) electrons. The first-order valence-electron chi connectivity index (χ1n) is 16.5. The number of aliphatic carboxylic acids is 1. The first-order valence-corrected chi connectivity index (χ1v) is 16.5. The minimum atomic E-state index is -1.40. The first kappa shape index (κ1) is 37.5. The molecule has 15 heteroatoms. The molecule has 2 aromatic rings. The van der Waals surface area contributed by atoms with Gasteiger partial charge >= 0.3 is 5.97 Å². The van der Waals surface area contributed by atoms with Gasteiger partial charge in [-0.1, -0.05) is 12.1 Å². The van der Waals surface area contributed by atoms with Crippen LogP contribution in [0.4, 0.5) is 0 Å². The van der Waals surface area contributed by atoms with E-state index in [1.54, 1.807) is 18.2 Å². The van der Waals surface area contributed by atoms with Crippen molar-refractivity contribution in [3.8, 4) is 17.2 Å². The quantitative estimate of drug-likeness (QED) is 0.269. The molecule has 15 nitrogen and oxygen atoms in total. The molecule has 2 saturated heterocycles. The topological polar surface area (TPSA) is 202 Å². The highest BCUT2D eigenvalue weighted by Crippen LogP contribution is 2.39. The summed E-state index contributed by atoms with van der Waals surface area (Å²) in [6.07, 6.45) is 0.790. The van der Waals surface area contributed by atoms with Crippen LogP contribution in [0.2, 0.25) is 0 Å². The normalized spacial score (nSPS) is 21.8. The fourth-order valence-electron chi connectivity index (χ4n) is 6.26. The molecule has 270 valence electrons. The fourth-order valence-corrected chi connectivity index (χ4v) is 6.26. The number of aryl methyl sites for hydroxylation is 1. The number of ether oxygens (including phenoxy) is 3. The third kappa shape index (κ3) is 8.62. The van der Waals surface area contributed by atoms with E-state index < -0.39 is 53.8 Å². The van der Waals surface area contributed by atoms with Gasteiger partial charge in [-0.05, 0) is 75.3 Å². The third-order valence-corrected chi connectivity index (χ3v) is 9.14. The van der Waals surface area contributed by atoms with Gasteiger partial charge in [0.05, 0.1) is 26.9 Å². The highest BCUT2D eigenvalue weighted by atomic mass is 16.5. The lowest BCUT2D eigenvalue weighted by atomic mass is 10.0. The summed E-state index contributed by atoms with van der Waals surface area (Å²) < 4.78 is 16.2. The number of nitrogens with zero attached hydrogens (tertiary/aromatic N) is 1. The number of hydrogen-bond acceptors (Lipinski definition) is 9. The Kier molecular flexibility index (Phi) is 12.6. The molecule has 0 unspecified atom stereocenters. The number of benzene rings is 2. The second-order valence-corrected chi connectivity index (χ2v) is 12.4. The molecule has 2 fully saturated rings. The predicted molar refractivity (Wildman–Crippen MR) is 180 cm³/mol. The molecule has 4 atom stereocenters. The van der Waals surface area contributed by atoms with E-state index in [0.29, 0.717) is 24.2 Å². The van der Waals surface area contributed by atoms with Crippen molar-refractivity contribution in [1.29, 1.82) is 0 Å². The molecule has 2 aliphatic heterocycles. The molecule has 50 heavy (non-hydrogen) atoms. The number of fused-ring (bicyclic) bond motifs is 1. The number of carbonyl (C=O) groups is 6. The Hall–Kier alpha value is -5.34. The van der Waals surface area contributed by atoms with Crippen LogP contribution in [0.1, 0.15) is 70.4 Å². The highest BCUT2D eigenvalue weighted by Gasteiger charge is 2.43. The molecular formula is C35H45N5O10. The number of amides is 5. The van der Waals surface area contributed by atoms with Crippen LogP contribution in [-0.4, -0.2) is 104 Å². The maximum absolute atomic E-state index is 14.3. The predicted octanol–water partition coefficient (Wildman–Crippen LogP) is 1.48. The van der Waals surface area contributed by atoms with E-state index >= 15 is 0 Å². The van der Waals surface area contributed by atoms with Gasteiger partial charge in [0.25, 0.3) is 11.8 Å². The molecule has 4 rings (SSSR count). The molecule has 2 aliphatic rings. The monoisotopic (exact) mass is 695 g/mol. The Morgan fingerprint density at radius 3 is 2.28 bits per heavy atom. The molecule has 0 spiro atoms. The number of methoxy groups -OCH3 is 3. The molecule has 0 saturated carbocycles. The summed E-state index contributed by atoms with van der Waals surface area (Å²) in [5, 5.41) is 20.8. The van der Waals surface area contributed by atoms with Crippen LogP contribution >= 0.6 is 0 Å². The molecule has 0 bridgehead atoms. The van der Waals surface area contributed by atoms with E-state index in [4.69, 9.17) is 14.2 Å². The summed E-state index contributed by atoms with van der Waals surface area (Å²) >= 11 is 0. The largest absolute Gasteiger partial charge is 0.493 e. The van der Waals surface area contributed by atoms with Gasteiger partial charge in [-0.3, -0.25) is 24.0 Å². The van der Waals surface area contributed by atoms with E-state index in [-0.39, 0.29) is 61.7 Å². The van der Waals surface area contributed by atoms with Gasteiger partial charge in [0, 0.05) is 31.1 Å². The maximum Gasteiger partial charge on any atom is 0.326 e. The van der Waals surface area contributed by atoms with Gasteiger partial charge in [0.2, 0.25) is 23.5 Å². The molecular weight excluding hydrogens is 650 g/mol. The van der Waals surface area contributed by atoms with Crippen LogP contribution in [0.5, 0.6) is 17.2 Å². The standard InChI is InChI=1S/C35H45N5O10/c1-19-9-8-10-22(20(19)2)31(42)38-24-11-6-7-16-36-28(41)15-13-25(35(46)47)39-33(44)26-17-21(18-40(26)34(24)45)37-32(43)23-12-14-27(48-3)30(50-5)29(23)49-4/h8-10,12,14,21,24-26H,6-7,11,13,15-18H2,1-5H3,(H,36,41)(H,37,43)(H,38,42)(H,39,44)(H,46,47)/t21-,24+,25+,26+/m1/s1. The van der Waals surface area contributed by atoms with E-state index in [1.165, 1.54) is 32.3 Å². The molecule has 2 aromatic carbocycles. The number of rotatable bonds is 8. The summed E-state index contributed by atoms with van der Waals surface area (Å²) in [5.41, 5.74) is 2.17. The van der Waals surface area contributed by atoms with Crippen LogP contribution in [0, 0.1) is 13.8 Å². The number of hydrogen-bond donors (Lipinski definition) is 5. The van der Waals surface area contributed by atoms with Crippen LogP contribution in [-0.2, 0) is 19.2 Å². The smallest absolute Gasteiger partial charge is 0.326 e. The Labute approximate surface area is 290 Å². The minimum absolute atomic E-state index is 0.0522. The lowest BCUT2D eigenvalue weighted by molar-refractivity contribution is -0.144. The lowest BCUT2D eigenvalue weighted by Gasteiger charge is -2.29. The van der Waals surface area contributed by atoms with Crippen molar-refractivity contribution in [2.24, 2.45) is 0 Å². The zero-order valence-corrected chi connectivity index (χ0v) is 28.9. The molecule has 2 heterocycles.